The highest BCUT2D eigenvalue weighted by molar-refractivity contribution is 5.92. The molecule has 0 radical (unpaired) electrons. The van der Waals surface area contributed by atoms with Gasteiger partial charge < -0.3 is 9.42 Å². The molecule has 0 aliphatic carbocycles. The number of nitrogens with zero attached hydrogens (tertiary/aromatic N) is 3. The van der Waals surface area contributed by atoms with Gasteiger partial charge in [-0.3, -0.25) is 14.7 Å². The Kier molecular flexibility index (Phi) is 3.34. The summed E-state index contributed by atoms with van der Waals surface area (Å²) in [5.74, 6) is 0.369. The van der Waals surface area contributed by atoms with Crippen LogP contribution in [-0.2, 0) is 13.0 Å². The van der Waals surface area contributed by atoms with Crippen molar-refractivity contribution in [3.05, 3.63) is 69.5 Å². The summed E-state index contributed by atoms with van der Waals surface area (Å²) in [6.45, 7) is 2.55. The van der Waals surface area contributed by atoms with Crippen LogP contribution in [0.25, 0.3) is 5.69 Å². The van der Waals surface area contributed by atoms with E-state index in [1.54, 1.807) is 17.9 Å². The number of nitrogens with one attached hydrogen (secondary N) is 1. The standard InChI is InChI=1S/C17H16N4O3/c1-11-9-15(19-24-11)17(23)20-8-7-14-13(10-20)16(22)21(18-14)12-5-3-2-4-6-12/h2-6,9,18H,7-8,10H2,1H3. The number of benzene rings is 1. The maximum Gasteiger partial charge on any atom is 0.276 e. The van der Waals surface area contributed by atoms with E-state index in [4.69, 9.17) is 4.52 Å². The van der Waals surface area contributed by atoms with E-state index in [0.717, 1.165) is 11.4 Å². The second-order valence-electron chi connectivity index (χ2n) is 5.84. The van der Waals surface area contributed by atoms with Crippen molar-refractivity contribution in [2.75, 3.05) is 6.54 Å². The van der Waals surface area contributed by atoms with E-state index in [9.17, 15) is 9.59 Å². The van der Waals surface area contributed by atoms with Gasteiger partial charge in [0, 0.05) is 24.7 Å². The van der Waals surface area contributed by atoms with E-state index in [-0.39, 0.29) is 23.7 Å². The first-order valence-electron chi connectivity index (χ1n) is 7.74. The molecule has 0 saturated carbocycles. The number of para-hydroxylation sites is 1. The first-order valence-corrected chi connectivity index (χ1v) is 7.74. The fraction of sp³-hybridized carbons (Fsp3) is 0.235. The van der Waals surface area contributed by atoms with E-state index in [0.29, 0.717) is 24.3 Å². The van der Waals surface area contributed by atoms with Gasteiger partial charge >= 0.3 is 0 Å². The lowest BCUT2D eigenvalue weighted by molar-refractivity contribution is 0.0723. The van der Waals surface area contributed by atoms with Gasteiger partial charge in [0.1, 0.15) is 5.76 Å². The normalized spacial score (nSPS) is 13.8. The van der Waals surface area contributed by atoms with Crippen LogP contribution in [0.2, 0.25) is 0 Å². The molecule has 0 saturated heterocycles. The summed E-state index contributed by atoms with van der Waals surface area (Å²) >= 11 is 0. The lowest BCUT2D eigenvalue weighted by Crippen LogP contribution is -2.37. The highest BCUT2D eigenvalue weighted by Crippen LogP contribution is 2.18. The van der Waals surface area contributed by atoms with Crippen LogP contribution in [0, 0.1) is 6.92 Å². The molecule has 1 aliphatic rings. The van der Waals surface area contributed by atoms with Crippen molar-refractivity contribution in [1.82, 2.24) is 19.8 Å². The zero-order valence-electron chi connectivity index (χ0n) is 13.2. The average Bonchev–Trinajstić information content (AvgIpc) is 3.19. The fourth-order valence-electron chi connectivity index (χ4n) is 2.97. The van der Waals surface area contributed by atoms with Gasteiger partial charge in [0.05, 0.1) is 17.8 Å². The molecular weight excluding hydrogens is 308 g/mol. The number of aromatic amines is 1. The largest absolute Gasteiger partial charge is 0.361 e. The molecule has 0 fully saturated rings. The van der Waals surface area contributed by atoms with Gasteiger partial charge in [-0.25, -0.2) is 4.68 Å². The van der Waals surface area contributed by atoms with Crippen LogP contribution in [-0.4, -0.2) is 32.3 Å². The minimum Gasteiger partial charge on any atom is -0.361 e. The summed E-state index contributed by atoms with van der Waals surface area (Å²) in [7, 11) is 0. The van der Waals surface area contributed by atoms with E-state index in [1.165, 1.54) is 4.68 Å². The summed E-state index contributed by atoms with van der Waals surface area (Å²) in [5.41, 5.74) is 2.43. The SMILES string of the molecule is Cc1cc(C(=O)N2CCc3[nH]n(-c4ccccc4)c(=O)c3C2)no1. The summed E-state index contributed by atoms with van der Waals surface area (Å²) in [4.78, 5) is 26.8. The third-order valence-corrected chi connectivity index (χ3v) is 4.20. The third kappa shape index (κ3) is 2.34. The molecule has 1 N–H and O–H groups in total. The topological polar surface area (TPSA) is 84.1 Å². The molecular formula is C17H16N4O3. The van der Waals surface area contributed by atoms with Gasteiger partial charge in [-0.1, -0.05) is 23.4 Å². The number of aryl methyl sites for hydroxylation is 1. The first kappa shape index (κ1) is 14.5. The molecule has 0 atom stereocenters. The van der Waals surface area contributed by atoms with Gasteiger partial charge in [-0.15, -0.1) is 0 Å². The molecule has 122 valence electrons. The molecule has 1 aliphatic heterocycles. The molecule has 4 rings (SSSR count). The molecule has 1 amide bonds. The van der Waals surface area contributed by atoms with Crippen molar-refractivity contribution in [1.29, 1.82) is 0 Å². The molecule has 7 heteroatoms. The summed E-state index contributed by atoms with van der Waals surface area (Å²) in [6, 6.07) is 11.0. The monoisotopic (exact) mass is 324 g/mol. The molecule has 7 nitrogen and oxygen atoms in total. The minimum atomic E-state index is -0.218. The van der Waals surface area contributed by atoms with Gasteiger partial charge in [0.25, 0.3) is 11.5 Å². The van der Waals surface area contributed by atoms with Gasteiger partial charge in [0.2, 0.25) is 0 Å². The van der Waals surface area contributed by atoms with Crippen molar-refractivity contribution in [3.63, 3.8) is 0 Å². The number of aromatic nitrogens is 3. The maximum atomic E-state index is 12.7. The number of amides is 1. The first-order chi connectivity index (χ1) is 11.6. The molecule has 24 heavy (non-hydrogen) atoms. The number of carbonyl (C=O) groups is 1. The van der Waals surface area contributed by atoms with E-state index < -0.39 is 0 Å². The van der Waals surface area contributed by atoms with Crippen LogP contribution in [0.15, 0.2) is 45.7 Å². The van der Waals surface area contributed by atoms with Gasteiger partial charge in [-0.05, 0) is 19.1 Å². The van der Waals surface area contributed by atoms with Crippen molar-refractivity contribution in [3.8, 4) is 5.69 Å². The Morgan fingerprint density at radius 3 is 2.79 bits per heavy atom. The van der Waals surface area contributed by atoms with E-state index in [2.05, 4.69) is 10.3 Å². The maximum absolute atomic E-state index is 12.7. The second-order valence-corrected chi connectivity index (χ2v) is 5.84. The number of H-pyrrole nitrogens is 1. The second kappa shape index (κ2) is 5.52. The number of hydrogen-bond donors (Lipinski definition) is 1. The number of carbonyl (C=O) groups excluding carboxylic acids is 1. The molecule has 2 aromatic heterocycles. The van der Waals surface area contributed by atoms with Crippen molar-refractivity contribution in [2.45, 2.75) is 19.9 Å². The highest BCUT2D eigenvalue weighted by atomic mass is 16.5. The van der Waals surface area contributed by atoms with Gasteiger partial charge in [0.15, 0.2) is 5.69 Å². The van der Waals surface area contributed by atoms with Gasteiger partial charge in [-0.2, -0.15) is 0 Å². The minimum absolute atomic E-state index is 0.120. The zero-order valence-corrected chi connectivity index (χ0v) is 13.2. The quantitative estimate of drug-likeness (QED) is 0.777. The number of fused-ring (bicyclic) bond motifs is 1. The molecule has 0 unspecified atom stereocenters. The molecule has 0 spiro atoms. The molecule has 3 aromatic rings. The summed E-state index contributed by atoms with van der Waals surface area (Å²) in [5, 5.41) is 6.92. The molecule has 1 aromatic carbocycles. The summed E-state index contributed by atoms with van der Waals surface area (Å²) in [6.07, 6.45) is 0.604. The highest BCUT2D eigenvalue weighted by Gasteiger charge is 2.28. The van der Waals surface area contributed by atoms with Crippen molar-refractivity contribution >= 4 is 5.91 Å². The van der Waals surface area contributed by atoms with E-state index >= 15 is 0 Å². The van der Waals surface area contributed by atoms with Crippen molar-refractivity contribution < 1.29 is 9.32 Å². The predicted molar refractivity (Wildman–Crippen MR) is 86.1 cm³/mol. The summed E-state index contributed by atoms with van der Waals surface area (Å²) < 4.78 is 6.49. The fourth-order valence-corrected chi connectivity index (χ4v) is 2.97. The smallest absolute Gasteiger partial charge is 0.276 e. The van der Waals surface area contributed by atoms with Crippen LogP contribution in [0.5, 0.6) is 0 Å². The Bertz CT molecular complexity index is 952. The van der Waals surface area contributed by atoms with Crippen LogP contribution in [0.4, 0.5) is 0 Å². The Labute approximate surface area is 137 Å². The number of rotatable bonds is 2. The van der Waals surface area contributed by atoms with Crippen LogP contribution < -0.4 is 5.56 Å². The Morgan fingerprint density at radius 2 is 2.08 bits per heavy atom. The van der Waals surface area contributed by atoms with E-state index in [1.807, 2.05) is 30.3 Å². The van der Waals surface area contributed by atoms with Crippen LogP contribution in [0.1, 0.15) is 27.5 Å². The van der Waals surface area contributed by atoms with Crippen LogP contribution in [0.3, 0.4) is 0 Å². The van der Waals surface area contributed by atoms with Crippen molar-refractivity contribution in [2.24, 2.45) is 0 Å². The molecule has 3 heterocycles. The third-order valence-electron chi connectivity index (χ3n) is 4.20. The molecule has 0 bridgehead atoms. The van der Waals surface area contributed by atoms with Crippen LogP contribution >= 0.6 is 0 Å². The Morgan fingerprint density at radius 1 is 1.29 bits per heavy atom. The average molecular weight is 324 g/mol. The lowest BCUT2D eigenvalue weighted by atomic mass is 10.1. The predicted octanol–water partition coefficient (Wildman–Crippen LogP) is 1.66. The zero-order chi connectivity index (χ0) is 16.7. The number of hydrogen-bond acceptors (Lipinski definition) is 4. The Hall–Kier alpha value is -3.09. The Balaban J connectivity index is 1.65. The lowest BCUT2D eigenvalue weighted by Gasteiger charge is -2.25.